The van der Waals surface area contributed by atoms with Crippen LogP contribution in [0.1, 0.15) is 122 Å². The first-order valence-corrected chi connectivity index (χ1v) is 21.1. The number of hydrogen-bond acceptors (Lipinski definition) is 9. The molecule has 12 nitrogen and oxygen atoms in total. The monoisotopic (exact) mass is 790 g/mol. The predicted octanol–water partition coefficient (Wildman–Crippen LogP) is 5.55. The highest BCUT2D eigenvalue weighted by Crippen LogP contribution is 2.47. The number of nitrogens with two attached hydrogens (primary N) is 1. The summed E-state index contributed by atoms with van der Waals surface area (Å²) in [5, 5.41) is 9.50. The number of hydrogen-bond donors (Lipinski definition) is 4. The lowest BCUT2D eigenvalue weighted by molar-refractivity contribution is -0.162. The summed E-state index contributed by atoms with van der Waals surface area (Å²) < 4.78 is 11.4. The van der Waals surface area contributed by atoms with Crippen LogP contribution in [0.25, 0.3) is 0 Å². The standard InChI is InChI=1S/C45H67N5O7/c1-7-56-42(53)28-47-27-35-18-20-40-37(23-35)38(29-57-40)45(25-30(2)3,50(32(6)51)43(54)39(46)24-34-16-12-9-13-17-34)44(55)49-36(22-33-14-10-8-11-15-33)19-21-41(52)48-26-31(4)5/h9,12-13,16-18,20,23,30-31,33,36,38-39,47H,7-8,10-11,14-15,19,21-22,24-29,46H2,1-6H3,(H,48,52)(H,49,55)/t36-,38-,39-,45-/m0/s1. The van der Waals surface area contributed by atoms with Gasteiger partial charge in [-0.05, 0) is 67.6 Å². The number of fused-ring (bicyclic) bond motifs is 1. The van der Waals surface area contributed by atoms with Gasteiger partial charge < -0.3 is 31.2 Å². The van der Waals surface area contributed by atoms with Gasteiger partial charge in [0.05, 0.1) is 31.7 Å². The fourth-order valence-corrected chi connectivity index (χ4v) is 8.50. The fourth-order valence-electron chi connectivity index (χ4n) is 8.50. The van der Waals surface area contributed by atoms with Gasteiger partial charge in [-0.1, -0.05) is 102 Å². The van der Waals surface area contributed by atoms with Crippen LogP contribution in [0.2, 0.25) is 0 Å². The molecule has 1 fully saturated rings. The van der Waals surface area contributed by atoms with E-state index in [2.05, 4.69) is 16.0 Å². The molecule has 2 aromatic carbocycles. The Morgan fingerprint density at radius 3 is 2.33 bits per heavy atom. The molecule has 0 bridgehead atoms. The van der Waals surface area contributed by atoms with Crippen LogP contribution in [0.15, 0.2) is 48.5 Å². The summed E-state index contributed by atoms with van der Waals surface area (Å²) >= 11 is 0. The van der Waals surface area contributed by atoms with E-state index in [0.717, 1.165) is 41.7 Å². The lowest BCUT2D eigenvalue weighted by atomic mass is 9.72. The quantitative estimate of drug-likeness (QED) is 0.119. The molecule has 314 valence electrons. The highest BCUT2D eigenvalue weighted by Gasteiger charge is 2.58. The van der Waals surface area contributed by atoms with Crippen LogP contribution in [0, 0.1) is 17.8 Å². The number of carbonyl (C=O) groups excluding carboxylic acids is 5. The first kappa shape index (κ1) is 45.4. The molecular weight excluding hydrogens is 723 g/mol. The van der Waals surface area contributed by atoms with Gasteiger partial charge >= 0.3 is 5.97 Å². The normalized spacial score (nSPS) is 17.5. The Labute approximate surface area is 339 Å². The Kier molecular flexibility index (Phi) is 17.5. The number of nitrogens with zero attached hydrogens (tertiary/aromatic N) is 1. The molecule has 4 atom stereocenters. The van der Waals surface area contributed by atoms with E-state index in [0.29, 0.717) is 49.1 Å². The summed E-state index contributed by atoms with van der Waals surface area (Å²) in [6.07, 6.45) is 7.18. The Hall–Kier alpha value is -4.29. The Morgan fingerprint density at radius 2 is 1.68 bits per heavy atom. The second-order valence-electron chi connectivity index (χ2n) is 16.8. The van der Waals surface area contributed by atoms with Gasteiger partial charge in [0.15, 0.2) is 0 Å². The van der Waals surface area contributed by atoms with Crippen molar-refractivity contribution in [2.24, 2.45) is 23.5 Å². The van der Waals surface area contributed by atoms with E-state index in [9.17, 15) is 19.2 Å². The van der Waals surface area contributed by atoms with Crippen LogP contribution in [-0.2, 0) is 41.7 Å². The van der Waals surface area contributed by atoms with Crippen LogP contribution in [0.5, 0.6) is 5.75 Å². The van der Waals surface area contributed by atoms with Gasteiger partial charge in [0.25, 0.3) is 0 Å². The van der Waals surface area contributed by atoms with Gasteiger partial charge in [0, 0.05) is 38.0 Å². The zero-order valence-corrected chi connectivity index (χ0v) is 35.1. The molecule has 1 heterocycles. The summed E-state index contributed by atoms with van der Waals surface area (Å²) in [6.45, 7) is 12.4. The summed E-state index contributed by atoms with van der Waals surface area (Å²) in [5.74, 6) is -1.78. The molecule has 0 saturated heterocycles. The molecule has 4 amide bonds. The molecule has 1 saturated carbocycles. The first-order chi connectivity index (χ1) is 27.2. The van der Waals surface area contributed by atoms with Gasteiger partial charge in [0.2, 0.25) is 23.6 Å². The maximum atomic E-state index is 15.6. The van der Waals surface area contributed by atoms with E-state index in [1.54, 1.807) is 6.92 Å². The molecule has 12 heteroatoms. The zero-order valence-electron chi connectivity index (χ0n) is 35.1. The molecule has 2 aromatic rings. The van der Waals surface area contributed by atoms with Gasteiger partial charge in [-0.3, -0.25) is 28.9 Å². The van der Waals surface area contributed by atoms with E-state index in [1.807, 2.05) is 76.2 Å². The molecule has 1 aliphatic carbocycles. The average molecular weight is 790 g/mol. The van der Waals surface area contributed by atoms with Crippen molar-refractivity contribution in [3.63, 3.8) is 0 Å². The van der Waals surface area contributed by atoms with Crippen molar-refractivity contribution in [3.05, 3.63) is 65.2 Å². The van der Waals surface area contributed by atoms with E-state index < -0.39 is 35.2 Å². The molecule has 2 aliphatic rings. The minimum Gasteiger partial charge on any atom is -0.493 e. The third-order valence-electron chi connectivity index (χ3n) is 11.1. The topological polar surface area (TPSA) is 169 Å². The molecule has 5 N–H and O–H groups in total. The third-order valence-corrected chi connectivity index (χ3v) is 11.1. The predicted molar refractivity (Wildman–Crippen MR) is 221 cm³/mol. The number of ether oxygens (including phenoxy) is 2. The zero-order chi connectivity index (χ0) is 41.5. The molecule has 0 aromatic heterocycles. The molecular formula is C45H67N5O7. The number of amides is 4. The van der Waals surface area contributed by atoms with Crippen LogP contribution < -0.4 is 26.4 Å². The largest absolute Gasteiger partial charge is 0.493 e. The molecule has 4 rings (SSSR count). The fraction of sp³-hybridized carbons (Fsp3) is 0.622. The van der Waals surface area contributed by atoms with Gasteiger partial charge in [-0.15, -0.1) is 0 Å². The van der Waals surface area contributed by atoms with Crippen molar-refractivity contribution in [1.29, 1.82) is 0 Å². The smallest absolute Gasteiger partial charge is 0.319 e. The molecule has 0 unspecified atom stereocenters. The van der Waals surface area contributed by atoms with Crippen LogP contribution >= 0.6 is 0 Å². The van der Waals surface area contributed by atoms with Crippen molar-refractivity contribution < 1.29 is 33.4 Å². The minimum atomic E-state index is -1.74. The first-order valence-electron chi connectivity index (χ1n) is 21.1. The molecule has 1 aliphatic heterocycles. The number of esters is 1. The molecule has 57 heavy (non-hydrogen) atoms. The van der Waals surface area contributed by atoms with E-state index in [4.69, 9.17) is 15.2 Å². The summed E-state index contributed by atoms with van der Waals surface area (Å²) in [6, 6.07) is 13.5. The van der Waals surface area contributed by atoms with Crippen LogP contribution in [-0.4, -0.2) is 78.4 Å². The number of rotatable bonds is 21. The van der Waals surface area contributed by atoms with Gasteiger partial charge in [0.1, 0.15) is 11.3 Å². The number of nitrogens with one attached hydrogen (secondary N) is 3. The second kappa shape index (κ2) is 22.0. The lowest BCUT2D eigenvalue weighted by Gasteiger charge is -2.47. The van der Waals surface area contributed by atoms with Crippen molar-refractivity contribution in [3.8, 4) is 5.75 Å². The average Bonchev–Trinajstić information content (AvgIpc) is 3.60. The summed E-state index contributed by atoms with van der Waals surface area (Å²) in [4.78, 5) is 70.8. The van der Waals surface area contributed by atoms with Gasteiger partial charge in [-0.2, -0.15) is 0 Å². The maximum absolute atomic E-state index is 15.6. The lowest BCUT2D eigenvalue weighted by Crippen LogP contribution is -2.69. The van der Waals surface area contributed by atoms with Crippen molar-refractivity contribution >= 4 is 29.6 Å². The van der Waals surface area contributed by atoms with E-state index in [1.165, 1.54) is 13.3 Å². The van der Waals surface area contributed by atoms with Crippen molar-refractivity contribution in [2.75, 3.05) is 26.3 Å². The highest BCUT2D eigenvalue weighted by molar-refractivity contribution is 6.04. The Morgan fingerprint density at radius 1 is 0.965 bits per heavy atom. The SMILES string of the molecule is CCOC(=O)CNCc1ccc2c(c1)[C@@H]([C@@](CC(C)C)(C(=O)N[C@@H](CCC(=O)NCC(C)C)CC1CCCCC1)N(C(C)=O)C(=O)[C@@H](N)Cc1ccccc1)CO2. The second-order valence-corrected chi connectivity index (χ2v) is 16.8. The minimum absolute atomic E-state index is 0.0222. The van der Waals surface area contributed by atoms with Crippen molar-refractivity contribution in [2.45, 2.75) is 136 Å². The van der Waals surface area contributed by atoms with Gasteiger partial charge in [-0.25, -0.2) is 0 Å². The Bertz CT molecular complexity index is 1640. The Balaban J connectivity index is 1.80. The van der Waals surface area contributed by atoms with Crippen LogP contribution in [0.4, 0.5) is 0 Å². The van der Waals surface area contributed by atoms with E-state index in [-0.39, 0.29) is 62.9 Å². The van der Waals surface area contributed by atoms with Crippen LogP contribution in [0.3, 0.4) is 0 Å². The number of benzene rings is 2. The number of imide groups is 1. The van der Waals surface area contributed by atoms with Crippen molar-refractivity contribution in [1.82, 2.24) is 20.9 Å². The summed E-state index contributed by atoms with van der Waals surface area (Å²) in [5.41, 5.74) is 7.31. The third kappa shape index (κ3) is 12.9. The molecule has 0 spiro atoms. The maximum Gasteiger partial charge on any atom is 0.319 e. The summed E-state index contributed by atoms with van der Waals surface area (Å²) in [7, 11) is 0. The van der Waals surface area contributed by atoms with E-state index >= 15 is 4.79 Å². The highest BCUT2D eigenvalue weighted by atomic mass is 16.5. The number of carbonyl (C=O) groups is 5. The molecule has 0 radical (unpaired) electrons.